The van der Waals surface area contributed by atoms with Crippen molar-refractivity contribution < 1.29 is 23.1 Å². The number of benzene rings is 2. The molecule has 2 aromatic carbocycles. The Kier molecular flexibility index (Phi) is 3.92. The topological polar surface area (TPSA) is 58.6 Å². The molecule has 0 bridgehead atoms. The van der Waals surface area contributed by atoms with Gasteiger partial charge in [-0.3, -0.25) is 14.5 Å². The monoisotopic (exact) mass is 318 g/mol. The standard InChI is InChI=1S/C16H12F2N2O3/c17-10-5-6-12(11(18)7-10)19-15(21)8-20-13-3-1-2-4-14(13)23-9-16(20)22/h1-7H,8-9H2,(H,19,21). The van der Waals surface area contributed by atoms with E-state index < -0.39 is 17.5 Å². The van der Waals surface area contributed by atoms with Gasteiger partial charge < -0.3 is 10.1 Å². The van der Waals surface area contributed by atoms with Gasteiger partial charge in [0.05, 0.1) is 11.4 Å². The first-order valence-corrected chi connectivity index (χ1v) is 6.81. The second kappa shape index (κ2) is 6.04. The summed E-state index contributed by atoms with van der Waals surface area (Å²) >= 11 is 0. The molecule has 0 aliphatic carbocycles. The molecule has 0 spiro atoms. The van der Waals surface area contributed by atoms with Crippen molar-refractivity contribution in [3.63, 3.8) is 0 Å². The number of ether oxygens (including phenoxy) is 1. The van der Waals surface area contributed by atoms with Crippen molar-refractivity contribution in [2.75, 3.05) is 23.4 Å². The zero-order valence-corrected chi connectivity index (χ0v) is 11.9. The molecule has 0 saturated carbocycles. The Morgan fingerprint density at radius 2 is 2.00 bits per heavy atom. The fourth-order valence-corrected chi connectivity index (χ4v) is 2.25. The number of hydrogen-bond donors (Lipinski definition) is 1. The van der Waals surface area contributed by atoms with Crippen molar-refractivity contribution in [3.05, 3.63) is 54.1 Å². The van der Waals surface area contributed by atoms with Gasteiger partial charge in [-0.05, 0) is 24.3 Å². The van der Waals surface area contributed by atoms with E-state index in [0.29, 0.717) is 17.5 Å². The first-order valence-electron chi connectivity index (χ1n) is 6.81. The molecule has 3 rings (SSSR count). The highest BCUT2D eigenvalue weighted by molar-refractivity contribution is 6.04. The quantitative estimate of drug-likeness (QED) is 0.945. The summed E-state index contributed by atoms with van der Waals surface area (Å²) in [4.78, 5) is 25.3. The summed E-state index contributed by atoms with van der Waals surface area (Å²) in [7, 11) is 0. The minimum atomic E-state index is -0.882. The minimum Gasteiger partial charge on any atom is -0.482 e. The number of amides is 2. The molecule has 0 fully saturated rings. The number of para-hydroxylation sites is 2. The number of hydrogen-bond acceptors (Lipinski definition) is 3. The Balaban J connectivity index is 1.76. The van der Waals surface area contributed by atoms with Gasteiger partial charge in [-0.15, -0.1) is 0 Å². The fraction of sp³-hybridized carbons (Fsp3) is 0.125. The van der Waals surface area contributed by atoms with Gasteiger partial charge in [0, 0.05) is 6.07 Å². The van der Waals surface area contributed by atoms with E-state index in [9.17, 15) is 18.4 Å². The first-order chi connectivity index (χ1) is 11.0. The summed E-state index contributed by atoms with van der Waals surface area (Å²) in [6.07, 6.45) is 0. The molecule has 1 N–H and O–H groups in total. The summed E-state index contributed by atoms with van der Waals surface area (Å²) in [5.74, 6) is -2.10. The Morgan fingerprint density at radius 3 is 2.78 bits per heavy atom. The molecule has 0 unspecified atom stereocenters. The van der Waals surface area contributed by atoms with Crippen molar-refractivity contribution in [1.82, 2.24) is 0 Å². The van der Waals surface area contributed by atoms with E-state index in [2.05, 4.69) is 5.32 Å². The van der Waals surface area contributed by atoms with Crippen LogP contribution in [0.15, 0.2) is 42.5 Å². The van der Waals surface area contributed by atoms with Crippen LogP contribution < -0.4 is 15.0 Å². The van der Waals surface area contributed by atoms with Gasteiger partial charge in [0.1, 0.15) is 23.9 Å². The van der Waals surface area contributed by atoms with Crippen LogP contribution in [-0.2, 0) is 9.59 Å². The van der Waals surface area contributed by atoms with Crippen LogP contribution in [0.5, 0.6) is 5.75 Å². The number of fused-ring (bicyclic) bond motifs is 1. The summed E-state index contributed by atoms with van der Waals surface area (Å²) in [6, 6.07) is 9.63. The van der Waals surface area contributed by atoms with Gasteiger partial charge in [-0.25, -0.2) is 8.78 Å². The molecule has 2 amide bonds. The number of rotatable bonds is 3. The molecule has 2 aromatic rings. The number of nitrogens with one attached hydrogen (secondary N) is 1. The van der Waals surface area contributed by atoms with Gasteiger partial charge in [-0.2, -0.15) is 0 Å². The normalized spacial score (nSPS) is 13.3. The first kappa shape index (κ1) is 15.0. The third kappa shape index (κ3) is 3.13. The lowest BCUT2D eigenvalue weighted by atomic mass is 10.2. The Bertz CT molecular complexity index is 780. The molecule has 1 aliphatic heterocycles. The maximum Gasteiger partial charge on any atom is 0.265 e. The van der Waals surface area contributed by atoms with E-state index in [4.69, 9.17) is 4.74 Å². The molecule has 118 valence electrons. The highest BCUT2D eigenvalue weighted by Crippen LogP contribution is 2.31. The van der Waals surface area contributed by atoms with E-state index in [0.717, 1.165) is 12.1 Å². The Morgan fingerprint density at radius 1 is 1.22 bits per heavy atom. The number of carbonyl (C=O) groups excluding carboxylic acids is 2. The average molecular weight is 318 g/mol. The Hall–Kier alpha value is -2.96. The third-order valence-electron chi connectivity index (χ3n) is 3.32. The van der Waals surface area contributed by atoms with Crippen molar-refractivity contribution in [2.24, 2.45) is 0 Å². The minimum absolute atomic E-state index is 0.148. The van der Waals surface area contributed by atoms with Crippen molar-refractivity contribution in [2.45, 2.75) is 0 Å². The summed E-state index contributed by atoms with van der Waals surface area (Å²) in [5.41, 5.74) is 0.323. The second-order valence-electron chi connectivity index (χ2n) is 4.91. The molecule has 23 heavy (non-hydrogen) atoms. The molecule has 1 aliphatic rings. The predicted octanol–water partition coefficient (Wildman–Crippen LogP) is 2.33. The maximum atomic E-state index is 13.5. The number of nitrogens with zero attached hydrogens (tertiary/aromatic N) is 1. The maximum absolute atomic E-state index is 13.5. The molecule has 1 heterocycles. The molecule has 0 radical (unpaired) electrons. The highest BCUT2D eigenvalue weighted by Gasteiger charge is 2.27. The second-order valence-corrected chi connectivity index (χ2v) is 4.91. The molecule has 0 atom stereocenters. The predicted molar refractivity (Wildman–Crippen MR) is 79.3 cm³/mol. The van der Waals surface area contributed by atoms with Gasteiger partial charge >= 0.3 is 0 Å². The van der Waals surface area contributed by atoms with E-state index in [1.54, 1.807) is 24.3 Å². The van der Waals surface area contributed by atoms with Crippen LogP contribution in [0.1, 0.15) is 0 Å². The highest BCUT2D eigenvalue weighted by atomic mass is 19.1. The van der Waals surface area contributed by atoms with Crippen molar-refractivity contribution >= 4 is 23.2 Å². The van der Waals surface area contributed by atoms with Crippen LogP contribution in [0.3, 0.4) is 0 Å². The summed E-state index contributed by atoms with van der Waals surface area (Å²) in [6.45, 7) is -0.467. The number of halogens is 2. The fourth-order valence-electron chi connectivity index (χ4n) is 2.25. The zero-order valence-electron chi connectivity index (χ0n) is 11.9. The largest absolute Gasteiger partial charge is 0.482 e. The van der Waals surface area contributed by atoms with Crippen LogP contribution in [0.4, 0.5) is 20.2 Å². The van der Waals surface area contributed by atoms with Crippen LogP contribution in [0.25, 0.3) is 0 Å². The van der Waals surface area contributed by atoms with Crippen molar-refractivity contribution in [1.29, 1.82) is 0 Å². The van der Waals surface area contributed by atoms with Gasteiger partial charge in [-0.1, -0.05) is 12.1 Å². The van der Waals surface area contributed by atoms with Crippen LogP contribution in [-0.4, -0.2) is 25.0 Å². The Labute approximate surface area is 130 Å². The van der Waals surface area contributed by atoms with Crippen LogP contribution in [0, 0.1) is 11.6 Å². The molecular formula is C16H12F2N2O3. The van der Waals surface area contributed by atoms with Gasteiger partial charge in [0.15, 0.2) is 6.61 Å². The zero-order chi connectivity index (χ0) is 16.4. The molecule has 0 aromatic heterocycles. The molecule has 7 heteroatoms. The van der Waals surface area contributed by atoms with Crippen LogP contribution >= 0.6 is 0 Å². The molecule has 0 saturated heterocycles. The lowest BCUT2D eigenvalue weighted by Crippen LogP contribution is -2.43. The van der Waals surface area contributed by atoms with E-state index in [1.807, 2.05) is 0 Å². The number of anilines is 2. The van der Waals surface area contributed by atoms with Gasteiger partial charge in [0.2, 0.25) is 5.91 Å². The smallest absolute Gasteiger partial charge is 0.265 e. The third-order valence-corrected chi connectivity index (χ3v) is 3.32. The van der Waals surface area contributed by atoms with Crippen LogP contribution in [0.2, 0.25) is 0 Å². The summed E-state index contributed by atoms with van der Waals surface area (Å²) in [5, 5.41) is 2.32. The van der Waals surface area contributed by atoms with Crippen molar-refractivity contribution in [3.8, 4) is 5.75 Å². The van der Waals surface area contributed by atoms with Gasteiger partial charge in [0.25, 0.3) is 5.91 Å². The van der Waals surface area contributed by atoms with E-state index in [1.165, 1.54) is 4.90 Å². The molecule has 5 nitrogen and oxygen atoms in total. The number of carbonyl (C=O) groups is 2. The lowest BCUT2D eigenvalue weighted by molar-refractivity contribution is -0.123. The van der Waals surface area contributed by atoms with E-state index >= 15 is 0 Å². The SMILES string of the molecule is O=C(CN1C(=O)COc2ccccc21)Nc1ccc(F)cc1F. The van der Waals surface area contributed by atoms with E-state index in [-0.39, 0.29) is 24.7 Å². The average Bonchev–Trinajstić information content (AvgIpc) is 2.53. The lowest BCUT2D eigenvalue weighted by Gasteiger charge is -2.28. The molecular weight excluding hydrogens is 306 g/mol. The summed E-state index contributed by atoms with van der Waals surface area (Å²) < 4.78 is 31.7.